The molecular formula is C15H15N3O4S. The van der Waals surface area contributed by atoms with Crippen LogP contribution >= 0.6 is 11.3 Å². The van der Waals surface area contributed by atoms with E-state index >= 15 is 0 Å². The molecule has 1 N–H and O–H groups in total. The zero-order valence-electron chi connectivity index (χ0n) is 12.4. The Labute approximate surface area is 136 Å². The van der Waals surface area contributed by atoms with Crippen molar-refractivity contribution >= 4 is 28.3 Å². The van der Waals surface area contributed by atoms with Gasteiger partial charge in [-0.3, -0.25) is 14.9 Å². The summed E-state index contributed by atoms with van der Waals surface area (Å²) >= 11 is 1.26. The Morgan fingerprint density at radius 2 is 2.26 bits per heavy atom. The van der Waals surface area contributed by atoms with Gasteiger partial charge in [-0.15, -0.1) is 11.3 Å². The zero-order valence-corrected chi connectivity index (χ0v) is 13.3. The Balaban J connectivity index is 1.71. The molecule has 23 heavy (non-hydrogen) atoms. The van der Waals surface area contributed by atoms with Gasteiger partial charge in [0.05, 0.1) is 0 Å². The highest BCUT2D eigenvalue weighted by molar-refractivity contribution is 7.13. The third-order valence-corrected chi connectivity index (χ3v) is 4.04. The predicted molar refractivity (Wildman–Crippen MR) is 84.4 cm³/mol. The van der Waals surface area contributed by atoms with Gasteiger partial charge in [0.1, 0.15) is 0 Å². The van der Waals surface area contributed by atoms with Crippen LogP contribution in [0.5, 0.6) is 11.5 Å². The summed E-state index contributed by atoms with van der Waals surface area (Å²) in [6.07, 6.45) is 1.56. The number of nitrogens with zero attached hydrogens (tertiary/aromatic N) is 2. The minimum atomic E-state index is -0.702. The maximum absolute atomic E-state index is 12.3. The number of ether oxygens (including phenoxy) is 2. The van der Waals surface area contributed by atoms with E-state index in [0.717, 1.165) is 5.56 Å². The SMILES string of the molecule is CCN(Cc1cccc2c1OCO2)C(=O)C(=O)Nc1nccs1. The molecule has 2 aromatic rings. The highest BCUT2D eigenvalue weighted by atomic mass is 32.1. The smallest absolute Gasteiger partial charge is 0.315 e. The van der Waals surface area contributed by atoms with E-state index in [-0.39, 0.29) is 13.3 Å². The molecule has 0 saturated carbocycles. The van der Waals surface area contributed by atoms with Gasteiger partial charge in [0.25, 0.3) is 0 Å². The molecule has 8 heteroatoms. The van der Waals surface area contributed by atoms with Crippen molar-refractivity contribution in [2.45, 2.75) is 13.5 Å². The normalized spacial score (nSPS) is 12.0. The molecule has 0 fully saturated rings. The maximum Gasteiger partial charge on any atom is 0.315 e. The van der Waals surface area contributed by atoms with Crippen molar-refractivity contribution in [3.05, 3.63) is 35.3 Å². The lowest BCUT2D eigenvalue weighted by Crippen LogP contribution is -2.39. The summed E-state index contributed by atoms with van der Waals surface area (Å²) in [5, 5.41) is 4.62. The van der Waals surface area contributed by atoms with Crippen molar-refractivity contribution in [2.24, 2.45) is 0 Å². The standard InChI is InChI=1S/C15H15N3O4S/c1-2-18(14(20)13(19)17-15-16-6-7-23-15)8-10-4-3-5-11-12(10)22-9-21-11/h3-7H,2,8-9H2,1H3,(H,16,17,19). The van der Waals surface area contributed by atoms with Crippen LogP contribution in [0.25, 0.3) is 0 Å². The first kappa shape index (κ1) is 15.3. The largest absolute Gasteiger partial charge is 0.454 e. The molecule has 0 bridgehead atoms. The molecule has 0 unspecified atom stereocenters. The quantitative estimate of drug-likeness (QED) is 0.864. The molecule has 3 rings (SSSR count). The highest BCUT2D eigenvalue weighted by Gasteiger charge is 2.24. The van der Waals surface area contributed by atoms with Crippen molar-refractivity contribution in [2.75, 3.05) is 18.7 Å². The van der Waals surface area contributed by atoms with Gasteiger partial charge >= 0.3 is 11.8 Å². The van der Waals surface area contributed by atoms with Gasteiger partial charge < -0.3 is 14.4 Å². The second kappa shape index (κ2) is 6.66. The van der Waals surface area contributed by atoms with Gasteiger partial charge in [0, 0.05) is 30.2 Å². The molecule has 7 nitrogen and oxygen atoms in total. The molecule has 0 spiro atoms. The number of carbonyl (C=O) groups excluding carboxylic acids is 2. The van der Waals surface area contributed by atoms with Crippen LogP contribution in [-0.2, 0) is 16.1 Å². The van der Waals surface area contributed by atoms with E-state index in [2.05, 4.69) is 10.3 Å². The Morgan fingerprint density at radius 3 is 3.00 bits per heavy atom. The predicted octanol–water partition coefficient (Wildman–Crippen LogP) is 1.86. The third kappa shape index (κ3) is 3.26. The van der Waals surface area contributed by atoms with Crippen LogP contribution in [0.4, 0.5) is 5.13 Å². The first-order valence-corrected chi connectivity index (χ1v) is 7.94. The fourth-order valence-electron chi connectivity index (χ4n) is 2.23. The van der Waals surface area contributed by atoms with E-state index in [1.54, 1.807) is 17.6 Å². The van der Waals surface area contributed by atoms with Gasteiger partial charge in [-0.25, -0.2) is 4.98 Å². The second-order valence-electron chi connectivity index (χ2n) is 4.76. The average Bonchev–Trinajstić information content (AvgIpc) is 3.23. The second-order valence-corrected chi connectivity index (χ2v) is 5.66. The molecule has 0 atom stereocenters. The van der Waals surface area contributed by atoms with E-state index in [1.165, 1.54) is 16.2 Å². The van der Waals surface area contributed by atoms with Gasteiger partial charge in [-0.2, -0.15) is 0 Å². The van der Waals surface area contributed by atoms with E-state index in [4.69, 9.17) is 9.47 Å². The molecule has 1 aliphatic heterocycles. The van der Waals surface area contributed by atoms with Crippen molar-refractivity contribution in [3.8, 4) is 11.5 Å². The van der Waals surface area contributed by atoms with E-state index in [1.807, 2.05) is 19.1 Å². The number of thiazole rings is 1. The summed E-state index contributed by atoms with van der Waals surface area (Å²) in [4.78, 5) is 29.7. The number of nitrogens with one attached hydrogen (secondary N) is 1. The van der Waals surface area contributed by atoms with Gasteiger partial charge in [0.2, 0.25) is 6.79 Å². The topological polar surface area (TPSA) is 80.8 Å². The minimum Gasteiger partial charge on any atom is -0.454 e. The molecule has 1 aliphatic rings. The molecular weight excluding hydrogens is 318 g/mol. The van der Waals surface area contributed by atoms with Gasteiger partial charge in [0.15, 0.2) is 16.6 Å². The van der Waals surface area contributed by atoms with Gasteiger partial charge in [-0.05, 0) is 13.0 Å². The maximum atomic E-state index is 12.3. The van der Waals surface area contributed by atoms with E-state index in [0.29, 0.717) is 23.2 Å². The van der Waals surface area contributed by atoms with Crippen LogP contribution < -0.4 is 14.8 Å². The van der Waals surface area contributed by atoms with Crippen LogP contribution in [-0.4, -0.2) is 35.0 Å². The Bertz CT molecular complexity index is 718. The third-order valence-electron chi connectivity index (χ3n) is 3.36. The lowest BCUT2D eigenvalue weighted by molar-refractivity contribution is -0.143. The zero-order chi connectivity index (χ0) is 16.2. The summed E-state index contributed by atoms with van der Waals surface area (Å²) in [7, 11) is 0. The fourth-order valence-corrected chi connectivity index (χ4v) is 2.75. The van der Waals surface area contributed by atoms with Crippen LogP contribution in [0.3, 0.4) is 0 Å². The van der Waals surface area contributed by atoms with Crippen molar-refractivity contribution in [1.29, 1.82) is 0 Å². The summed E-state index contributed by atoms with van der Waals surface area (Å²) in [6, 6.07) is 5.48. The fraction of sp³-hybridized carbons (Fsp3) is 0.267. The molecule has 2 heterocycles. The Hall–Kier alpha value is -2.61. The van der Waals surface area contributed by atoms with Gasteiger partial charge in [-0.1, -0.05) is 12.1 Å². The molecule has 0 aliphatic carbocycles. The molecule has 1 aromatic carbocycles. The first-order valence-electron chi connectivity index (χ1n) is 7.06. The molecule has 0 saturated heterocycles. The molecule has 1 aromatic heterocycles. The number of benzene rings is 1. The van der Waals surface area contributed by atoms with Crippen LogP contribution in [0.1, 0.15) is 12.5 Å². The number of aromatic nitrogens is 1. The first-order chi connectivity index (χ1) is 11.2. The molecule has 0 radical (unpaired) electrons. The van der Waals surface area contributed by atoms with Crippen molar-refractivity contribution < 1.29 is 19.1 Å². The van der Waals surface area contributed by atoms with Crippen molar-refractivity contribution in [1.82, 2.24) is 9.88 Å². The van der Waals surface area contributed by atoms with Crippen molar-refractivity contribution in [3.63, 3.8) is 0 Å². The number of para-hydroxylation sites is 1. The summed E-state index contributed by atoms with van der Waals surface area (Å²) in [5.74, 6) is -0.0388. The summed E-state index contributed by atoms with van der Waals surface area (Å²) in [5.41, 5.74) is 0.803. The summed E-state index contributed by atoms with van der Waals surface area (Å²) in [6.45, 7) is 2.65. The number of carbonyl (C=O) groups is 2. The van der Waals surface area contributed by atoms with Crippen LogP contribution in [0, 0.1) is 0 Å². The highest BCUT2D eigenvalue weighted by Crippen LogP contribution is 2.35. The number of fused-ring (bicyclic) bond motifs is 1. The summed E-state index contributed by atoms with van der Waals surface area (Å²) < 4.78 is 10.8. The minimum absolute atomic E-state index is 0.164. The number of likely N-dealkylation sites (N-methyl/N-ethyl adjacent to an activating group) is 1. The average molecular weight is 333 g/mol. The number of hydrogen-bond donors (Lipinski definition) is 1. The van der Waals surface area contributed by atoms with Crippen LogP contribution in [0.15, 0.2) is 29.8 Å². The lowest BCUT2D eigenvalue weighted by atomic mass is 10.1. The van der Waals surface area contributed by atoms with Crippen LogP contribution in [0.2, 0.25) is 0 Å². The monoisotopic (exact) mass is 333 g/mol. The van der Waals surface area contributed by atoms with E-state index < -0.39 is 11.8 Å². The Morgan fingerprint density at radius 1 is 1.39 bits per heavy atom. The lowest BCUT2D eigenvalue weighted by Gasteiger charge is -2.20. The Kier molecular flexibility index (Phi) is 4.42. The number of anilines is 1. The molecule has 2 amide bonds. The number of amides is 2. The number of hydrogen-bond acceptors (Lipinski definition) is 6. The number of rotatable bonds is 4. The van der Waals surface area contributed by atoms with E-state index in [9.17, 15) is 9.59 Å². The molecule has 120 valence electrons.